The fourth-order valence-electron chi connectivity index (χ4n) is 8.03. The number of aromatic carboxylic acids is 1. The molecule has 25 nitrogen and oxygen atoms in total. The Morgan fingerprint density at radius 1 is 1.05 bits per heavy atom. The van der Waals surface area contributed by atoms with Crippen LogP contribution in [0.2, 0.25) is 0 Å². The Labute approximate surface area is 431 Å². The third-order valence-corrected chi connectivity index (χ3v) is 18.0. The van der Waals surface area contributed by atoms with Crippen molar-refractivity contribution in [3.8, 4) is 17.6 Å². The van der Waals surface area contributed by atoms with Gasteiger partial charge in [-0.05, 0) is 76.4 Å². The number of carbonyl (C=O) groups is 2. The van der Waals surface area contributed by atoms with E-state index in [0.717, 1.165) is 38.9 Å². The molecule has 6 rings (SSSR count). The molecular formula is C44H55N6O19P3S2. The van der Waals surface area contributed by atoms with E-state index >= 15 is 0 Å². The first kappa shape index (κ1) is 58.6. The second-order valence-electron chi connectivity index (χ2n) is 17.3. The monoisotopic (exact) mass is 1130 g/mol. The van der Waals surface area contributed by atoms with Crippen LogP contribution >= 0.6 is 45.1 Å². The summed E-state index contributed by atoms with van der Waals surface area (Å²) in [5.74, 6) is 9.58. The number of hydrogen-bond acceptors (Lipinski definition) is 19. The molecule has 3 heterocycles. The van der Waals surface area contributed by atoms with E-state index in [4.69, 9.17) is 34.7 Å². The van der Waals surface area contributed by atoms with Crippen molar-refractivity contribution < 1.29 is 80.2 Å². The van der Waals surface area contributed by atoms with E-state index in [1.54, 1.807) is 12.1 Å². The van der Waals surface area contributed by atoms with Gasteiger partial charge in [-0.25, -0.2) is 29.2 Å². The molecular weight excluding hydrogens is 1070 g/mol. The Hall–Kier alpha value is -4.68. The third kappa shape index (κ3) is 15.3. The van der Waals surface area contributed by atoms with E-state index in [1.165, 1.54) is 27.7 Å². The number of H-pyrrole nitrogens is 1. The zero-order valence-electron chi connectivity index (χ0n) is 40.5. The highest BCUT2D eigenvalue weighted by atomic mass is 33.1. The molecule has 2 aromatic carbocycles. The fraction of sp³-hybridized carbons (Fsp3) is 0.432. The standard InChI is InChI=1S/C44H55N6O19P3S2/c1-7-46-32-17-34-30(14-24(32)3)39(31-15-25(4)33(47-8-2)18-35(31)65-34)28-12-11-26(16-29(28)42(53)54)40(51)48-22-44(5,6)74-73-23-63-13-9-10-27-20-50(43(55)49-41(27)52)38-19-36(67-45)37(66-38)21-64-71(59,60)69-72(61,62)68-70(56,57)58/h11-12,14-18,20,30,36-39,47H,7-8,13,19,21-23,45H2,1-6H3,(H,48,51)(H,53,54)(H,59,60)(H,61,62)(H,49,52,55)(H2,56,57,58)/t30?,36-,37-,38-,39?/m1/s1. The van der Waals surface area contributed by atoms with Crippen LogP contribution in [0.4, 0.5) is 5.69 Å². The number of aromatic amines is 1. The maximum Gasteiger partial charge on any atom is 0.490 e. The number of ether oxygens (including phenoxy) is 3. The molecule has 2 aliphatic heterocycles. The Morgan fingerprint density at radius 2 is 1.80 bits per heavy atom. The highest BCUT2D eigenvalue weighted by molar-refractivity contribution is 8.77. The van der Waals surface area contributed by atoms with Gasteiger partial charge in [0.15, 0.2) is 0 Å². The van der Waals surface area contributed by atoms with Gasteiger partial charge in [-0.15, -0.1) is 0 Å². The molecule has 74 heavy (non-hydrogen) atoms. The zero-order valence-corrected chi connectivity index (χ0v) is 44.9. The molecule has 1 aliphatic carbocycles. The normalized spacial score (nSPS) is 21.7. The van der Waals surface area contributed by atoms with Crippen LogP contribution in [0, 0.1) is 24.7 Å². The molecule has 7 atom stereocenters. The minimum absolute atomic E-state index is 0.0105. The van der Waals surface area contributed by atoms with Gasteiger partial charge in [-0.2, -0.15) is 8.62 Å². The molecule has 0 radical (unpaired) electrons. The summed E-state index contributed by atoms with van der Waals surface area (Å²) in [5.41, 5.74) is 3.19. The number of anilines is 1. The molecule has 1 fully saturated rings. The van der Waals surface area contributed by atoms with Gasteiger partial charge in [0.05, 0.1) is 17.9 Å². The molecule has 0 spiro atoms. The summed E-state index contributed by atoms with van der Waals surface area (Å²) in [6.07, 6.45) is 1.21. The van der Waals surface area contributed by atoms with E-state index in [-0.39, 0.29) is 48.1 Å². The fourth-order valence-corrected chi connectivity index (χ4v) is 13.2. The number of nitrogens with two attached hydrogens (primary N) is 1. The van der Waals surface area contributed by atoms with Gasteiger partial charge in [-0.1, -0.05) is 45.6 Å². The van der Waals surface area contributed by atoms with Crippen molar-refractivity contribution in [2.24, 2.45) is 16.8 Å². The number of carboxylic acids is 1. The van der Waals surface area contributed by atoms with Crippen LogP contribution in [-0.4, -0.2) is 108 Å². The quantitative estimate of drug-likeness (QED) is 0.0155. The number of aromatic nitrogens is 2. The number of fused-ring (bicyclic) bond motifs is 2. The van der Waals surface area contributed by atoms with Gasteiger partial charge >= 0.3 is 35.1 Å². The minimum Gasteiger partial charge on any atom is -0.478 e. The van der Waals surface area contributed by atoms with Crippen LogP contribution in [0.1, 0.15) is 96.2 Å². The first-order valence-corrected chi connectivity index (χ1v) is 29.3. The lowest BCUT2D eigenvalue weighted by molar-refractivity contribution is -0.0618. The van der Waals surface area contributed by atoms with Crippen molar-refractivity contribution in [2.45, 2.75) is 77.1 Å². The number of nitrogens with zero attached hydrogens (tertiary/aromatic N) is 2. The summed E-state index contributed by atoms with van der Waals surface area (Å²) >= 11 is 0. The van der Waals surface area contributed by atoms with Crippen LogP contribution in [0.5, 0.6) is 5.75 Å². The van der Waals surface area contributed by atoms with Gasteiger partial charge in [0.25, 0.3) is 11.5 Å². The van der Waals surface area contributed by atoms with E-state index < -0.39 is 82.3 Å². The lowest BCUT2D eigenvalue weighted by Crippen LogP contribution is -2.36. The molecule has 402 valence electrons. The Balaban J connectivity index is 1.03. The van der Waals surface area contributed by atoms with Crippen LogP contribution in [0.25, 0.3) is 0 Å². The lowest BCUT2D eigenvalue weighted by atomic mass is 9.73. The predicted molar refractivity (Wildman–Crippen MR) is 273 cm³/mol. The van der Waals surface area contributed by atoms with Gasteiger partial charge in [0, 0.05) is 77.8 Å². The first-order chi connectivity index (χ1) is 34.7. The Bertz CT molecular complexity index is 3070. The summed E-state index contributed by atoms with van der Waals surface area (Å²) in [4.78, 5) is 100. The summed E-state index contributed by atoms with van der Waals surface area (Å²) in [5, 5.41) is 16.9. The molecule has 3 aromatic rings. The van der Waals surface area contributed by atoms with E-state index in [1.807, 2.05) is 59.8 Å². The molecule has 3 aliphatic rings. The smallest absolute Gasteiger partial charge is 0.478 e. The molecule has 1 saturated heterocycles. The summed E-state index contributed by atoms with van der Waals surface area (Å²) in [6.45, 7) is 12.1. The number of phosphoric ester groups is 1. The number of aliphatic imine (C=N–C) groups is 1. The maximum absolute atomic E-state index is 13.6. The summed E-state index contributed by atoms with van der Waals surface area (Å²) in [7, 11) is -14.2. The van der Waals surface area contributed by atoms with Crippen LogP contribution < -0.4 is 32.5 Å². The molecule has 4 unspecified atom stereocenters. The molecule has 0 bridgehead atoms. The highest BCUT2D eigenvalue weighted by Gasteiger charge is 2.44. The molecule has 1 amide bonds. The number of nitrogens with one attached hydrogen (secondary N) is 3. The summed E-state index contributed by atoms with van der Waals surface area (Å²) in [6, 6.07) is 8.70. The molecule has 1 aromatic heterocycles. The van der Waals surface area contributed by atoms with E-state index in [9.17, 15) is 47.8 Å². The summed E-state index contributed by atoms with van der Waals surface area (Å²) < 4.78 is 64.9. The number of benzene rings is 2. The SMILES string of the molecule is CCN=C1C=C2Oc3cc(NCC)c(C)cc3C(c3ccc(C(=O)NCC(C)(C)SSCOCC#Cc4cn([C@H]5C[C@@H](ON)[C@@H](COP(=O)(O)OP(=O)(O)OP(=O)(O)O)O5)c(=O)[nH]c4=O)cc3C(=O)O)C2C=C1C. The van der Waals surface area contributed by atoms with Gasteiger partial charge in [0.2, 0.25) is 0 Å². The number of allylic oxidation sites excluding steroid dienone is 3. The topological polar surface area (TPSA) is 368 Å². The zero-order chi connectivity index (χ0) is 54.3. The molecule has 10 N–H and O–H groups in total. The predicted octanol–water partition coefficient (Wildman–Crippen LogP) is 5.23. The highest BCUT2D eigenvalue weighted by Crippen LogP contribution is 2.66. The second kappa shape index (κ2) is 24.5. The van der Waals surface area contributed by atoms with Crippen LogP contribution in [0.15, 0.2) is 74.6 Å². The average Bonchev–Trinajstić information content (AvgIpc) is 3.72. The molecule has 30 heteroatoms. The number of carboxylic acid groups (broad SMARTS) is 1. The van der Waals surface area contributed by atoms with Gasteiger partial charge in [-0.3, -0.25) is 33.5 Å². The largest absolute Gasteiger partial charge is 0.490 e. The number of aryl methyl sites for hydroxylation is 1. The van der Waals surface area contributed by atoms with Gasteiger partial charge in [0.1, 0.15) is 48.1 Å². The average molecular weight is 1130 g/mol. The third-order valence-electron chi connectivity index (χ3n) is 11.2. The second-order valence-corrected chi connectivity index (χ2v) is 24.6. The number of phosphoric acid groups is 3. The minimum atomic E-state index is -5.79. The van der Waals surface area contributed by atoms with E-state index in [2.05, 4.69) is 51.7 Å². The molecule has 0 saturated carbocycles. The first-order valence-electron chi connectivity index (χ1n) is 22.4. The van der Waals surface area contributed by atoms with Crippen molar-refractivity contribution in [2.75, 3.05) is 44.1 Å². The number of amides is 1. The van der Waals surface area contributed by atoms with Crippen molar-refractivity contribution in [3.63, 3.8) is 0 Å². The Morgan fingerprint density at radius 3 is 2.47 bits per heavy atom. The maximum atomic E-state index is 13.6. The number of hydrogen-bond donors (Lipinski definition) is 9. The Kier molecular flexibility index (Phi) is 19.4. The van der Waals surface area contributed by atoms with Gasteiger partial charge < -0.3 is 49.5 Å². The lowest BCUT2D eigenvalue weighted by Gasteiger charge is -2.37. The van der Waals surface area contributed by atoms with E-state index in [0.29, 0.717) is 30.2 Å². The van der Waals surface area contributed by atoms with Crippen molar-refractivity contribution in [3.05, 3.63) is 114 Å². The van der Waals surface area contributed by atoms with Crippen molar-refractivity contribution >= 4 is 68.3 Å². The van der Waals surface area contributed by atoms with Crippen molar-refractivity contribution in [1.82, 2.24) is 14.9 Å². The number of carbonyl (C=O) groups excluding carboxylic acids is 1. The number of rotatable bonds is 22. The van der Waals surface area contributed by atoms with Crippen LogP contribution in [0.3, 0.4) is 0 Å². The van der Waals surface area contributed by atoms with Crippen molar-refractivity contribution in [1.29, 1.82) is 0 Å². The van der Waals surface area contributed by atoms with Crippen LogP contribution in [-0.2, 0) is 41.2 Å².